The van der Waals surface area contributed by atoms with Crippen LogP contribution in [-0.4, -0.2) is 53.7 Å². The van der Waals surface area contributed by atoms with E-state index in [4.69, 9.17) is 4.74 Å². The van der Waals surface area contributed by atoms with E-state index in [1.165, 1.54) is 18.4 Å². The summed E-state index contributed by atoms with van der Waals surface area (Å²) >= 11 is 0. The van der Waals surface area contributed by atoms with Crippen LogP contribution >= 0.6 is 0 Å². The fraction of sp³-hybridized carbons (Fsp3) is 0.483. The van der Waals surface area contributed by atoms with E-state index in [9.17, 15) is 9.90 Å². The number of rotatable bonds is 6. The lowest BCUT2D eigenvalue weighted by atomic mass is 9.93. The van der Waals surface area contributed by atoms with Crippen LogP contribution < -0.4 is 15.0 Å². The second-order valence-corrected chi connectivity index (χ2v) is 9.87. The molecule has 0 spiro atoms. The van der Waals surface area contributed by atoms with Gasteiger partial charge in [-0.05, 0) is 83.0 Å². The van der Waals surface area contributed by atoms with Crippen LogP contribution in [0.2, 0.25) is 0 Å². The van der Waals surface area contributed by atoms with Crippen LogP contribution in [0.5, 0.6) is 11.5 Å². The van der Waals surface area contributed by atoms with Crippen LogP contribution in [0.3, 0.4) is 0 Å². The smallest absolute Gasteiger partial charge is 0.335 e. The molecule has 2 N–H and O–H groups in total. The Labute approximate surface area is 209 Å². The largest absolute Gasteiger partial charge is 0.478 e. The highest BCUT2D eigenvalue weighted by molar-refractivity contribution is 5.90. The van der Waals surface area contributed by atoms with Gasteiger partial charge in [0.15, 0.2) is 11.5 Å². The molecule has 6 heteroatoms. The average molecular weight is 478 g/mol. The summed E-state index contributed by atoms with van der Waals surface area (Å²) in [4.78, 5) is 16.6. The standard InChI is InChI=1S/C25H28N2O3.C4H11N/c1-16(2)11-12-26-18-8-9-19(26)15-20(14-18)27-21-5-3-4-6-23(21)30-24-13-17(25(28)29)7-10-22(24)27;1-3-5-4-2/h3-7,10-11,13,18-20H,8-9,12,14-15H2,1-2H3,(H,28,29);5H,3-4H2,1-2H3. The molecule has 2 aromatic rings. The van der Waals surface area contributed by atoms with Crippen molar-refractivity contribution in [2.75, 3.05) is 24.5 Å². The molecule has 3 aliphatic heterocycles. The fourth-order valence-electron chi connectivity index (χ4n) is 5.60. The molecule has 2 unspecified atom stereocenters. The minimum absolute atomic E-state index is 0.254. The highest BCUT2D eigenvalue weighted by Gasteiger charge is 2.43. The van der Waals surface area contributed by atoms with E-state index in [-0.39, 0.29) is 5.56 Å². The molecule has 2 fully saturated rings. The molecule has 0 radical (unpaired) electrons. The lowest BCUT2D eigenvalue weighted by molar-refractivity contribution is 0.0696. The zero-order valence-electron chi connectivity index (χ0n) is 21.5. The fourth-order valence-corrected chi connectivity index (χ4v) is 5.60. The molecule has 2 atom stereocenters. The number of hydrogen-bond donors (Lipinski definition) is 2. The molecule has 2 saturated heterocycles. The van der Waals surface area contributed by atoms with Crippen LogP contribution in [0.25, 0.3) is 0 Å². The van der Waals surface area contributed by atoms with E-state index in [0.29, 0.717) is 23.9 Å². The third-order valence-corrected chi connectivity index (χ3v) is 7.25. The van der Waals surface area contributed by atoms with Gasteiger partial charge >= 0.3 is 5.97 Å². The quantitative estimate of drug-likeness (QED) is 0.483. The van der Waals surface area contributed by atoms with Crippen LogP contribution in [0.15, 0.2) is 54.1 Å². The van der Waals surface area contributed by atoms with E-state index < -0.39 is 5.97 Å². The molecule has 3 heterocycles. The molecule has 35 heavy (non-hydrogen) atoms. The average Bonchev–Trinajstić information content (AvgIpc) is 3.08. The first-order valence-electron chi connectivity index (χ1n) is 13.0. The predicted octanol–water partition coefficient (Wildman–Crippen LogP) is 6.21. The third-order valence-electron chi connectivity index (χ3n) is 7.25. The molecule has 0 amide bonds. The van der Waals surface area contributed by atoms with Gasteiger partial charge in [-0.25, -0.2) is 4.79 Å². The third kappa shape index (κ3) is 5.54. The van der Waals surface area contributed by atoms with Crippen molar-refractivity contribution >= 4 is 17.3 Å². The van der Waals surface area contributed by atoms with Crippen molar-refractivity contribution in [3.8, 4) is 11.5 Å². The second-order valence-electron chi connectivity index (χ2n) is 9.87. The van der Waals surface area contributed by atoms with Crippen LogP contribution in [0.1, 0.15) is 63.7 Å². The molecule has 2 bridgehead atoms. The van der Waals surface area contributed by atoms with Gasteiger partial charge in [0.2, 0.25) is 0 Å². The molecule has 0 aliphatic carbocycles. The monoisotopic (exact) mass is 477 g/mol. The van der Waals surface area contributed by atoms with Gasteiger partial charge in [-0.1, -0.05) is 37.6 Å². The number of aromatic carboxylic acids is 1. The number of hydrogen-bond acceptors (Lipinski definition) is 5. The van der Waals surface area contributed by atoms with Gasteiger partial charge < -0.3 is 20.1 Å². The summed E-state index contributed by atoms with van der Waals surface area (Å²) in [6, 6.07) is 14.9. The zero-order valence-corrected chi connectivity index (χ0v) is 21.5. The van der Waals surface area contributed by atoms with Gasteiger partial charge in [-0.2, -0.15) is 0 Å². The van der Waals surface area contributed by atoms with E-state index >= 15 is 0 Å². The minimum atomic E-state index is -0.933. The molecule has 3 aliphatic rings. The van der Waals surface area contributed by atoms with Gasteiger partial charge in [0.25, 0.3) is 0 Å². The van der Waals surface area contributed by atoms with Gasteiger partial charge in [-0.15, -0.1) is 0 Å². The SMILES string of the molecule is CC(C)=CCN1C2CCC1CC(N1c3ccccc3Oc3cc(C(=O)O)ccc31)C2.CCNCC. The number of allylic oxidation sites excluding steroid dienone is 1. The Morgan fingerprint density at radius 1 is 1.00 bits per heavy atom. The maximum atomic E-state index is 11.5. The van der Waals surface area contributed by atoms with E-state index in [1.807, 2.05) is 24.3 Å². The summed E-state index contributed by atoms with van der Waals surface area (Å²) < 4.78 is 6.12. The molecular formula is C29H39N3O3. The highest BCUT2D eigenvalue weighted by atomic mass is 16.5. The number of anilines is 2. The summed E-state index contributed by atoms with van der Waals surface area (Å²) in [6.45, 7) is 11.8. The van der Waals surface area contributed by atoms with E-state index in [0.717, 1.165) is 49.6 Å². The maximum Gasteiger partial charge on any atom is 0.335 e. The Hall–Kier alpha value is -2.83. The molecule has 5 rings (SSSR count). The van der Waals surface area contributed by atoms with E-state index in [2.05, 4.69) is 55.0 Å². The summed E-state index contributed by atoms with van der Waals surface area (Å²) in [5.41, 5.74) is 3.68. The number of piperidine rings is 1. The summed E-state index contributed by atoms with van der Waals surface area (Å²) in [7, 11) is 0. The lowest BCUT2D eigenvalue weighted by Gasteiger charge is -2.45. The number of carbonyl (C=O) groups is 1. The van der Waals surface area contributed by atoms with Gasteiger partial charge in [0.05, 0.1) is 16.9 Å². The van der Waals surface area contributed by atoms with Gasteiger partial charge in [0.1, 0.15) is 0 Å². The molecule has 2 aromatic carbocycles. The van der Waals surface area contributed by atoms with Crippen molar-refractivity contribution < 1.29 is 14.6 Å². The number of benzene rings is 2. The normalized spacial score (nSPS) is 22.3. The van der Waals surface area contributed by atoms with Crippen LogP contribution in [-0.2, 0) is 0 Å². The predicted molar refractivity (Wildman–Crippen MR) is 142 cm³/mol. The van der Waals surface area contributed by atoms with Crippen molar-refractivity contribution in [2.24, 2.45) is 0 Å². The van der Waals surface area contributed by atoms with Gasteiger partial charge in [-0.3, -0.25) is 4.90 Å². The number of para-hydroxylation sites is 2. The Kier molecular flexibility index (Phi) is 8.14. The summed E-state index contributed by atoms with van der Waals surface area (Å²) in [5, 5.41) is 12.5. The first-order chi connectivity index (χ1) is 16.9. The van der Waals surface area contributed by atoms with Crippen molar-refractivity contribution in [3.05, 3.63) is 59.7 Å². The Morgan fingerprint density at radius 2 is 1.66 bits per heavy atom. The van der Waals surface area contributed by atoms with Crippen molar-refractivity contribution in [1.29, 1.82) is 0 Å². The molecule has 188 valence electrons. The van der Waals surface area contributed by atoms with Crippen LogP contribution in [0.4, 0.5) is 11.4 Å². The lowest BCUT2D eigenvalue weighted by Crippen LogP contribution is -2.49. The topological polar surface area (TPSA) is 65.0 Å². The summed E-state index contributed by atoms with van der Waals surface area (Å²) in [6.07, 6.45) is 7.09. The Bertz CT molecular complexity index is 1050. The van der Waals surface area contributed by atoms with Crippen molar-refractivity contribution in [1.82, 2.24) is 10.2 Å². The van der Waals surface area contributed by atoms with Gasteiger partial charge in [0, 0.05) is 24.7 Å². The highest BCUT2D eigenvalue weighted by Crippen LogP contribution is 2.51. The number of ether oxygens (including phenoxy) is 1. The number of nitrogens with one attached hydrogen (secondary N) is 1. The molecule has 0 saturated carbocycles. The number of carboxylic acids is 1. The first kappa shape index (κ1) is 25.3. The number of fused-ring (bicyclic) bond motifs is 4. The number of carboxylic acid groups (broad SMARTS) is 1. The second kappa shape index (κ2) is 11.3. The maximum absolute atomic E-state index is 11.5. The first-order valence-corrected chi connectivity index (χ1v) is 13.0. The molecule has 6 nitrogen and oxygen atoms in total. The Morgan fingerprint density at radius 3 is 2.26 bits per heavy atom. The van der Waals surface area contributed by atoms with E-state index in [1.54, 1.807) is 12.1 Å². The zero-order chi connectivity index (χ0) is 24.9. The Balaban J connectivity index is 0.000000527. The molecular weight excluding hydrogens is 438 g/mol. The van der Waals surface area contributed by atoms with Crippen molar-refractivity contribution in [2.45, 2.75) is 71.5 Å². The molecule has 0 aromatic heterocycles. The van der Waals surface area contributed by atoms with Crippen LogP contribution in [0, 0.1) is 0 Å². The summed E-state index contributed by atoms with van der Waals surface area (Å²) in [5.74, 6) is 0.497. The van der Waals surface area contributed by atoms with Crippen molar-refractivity contribution in [3.63, 3.8) is 0 Å². The minimum Gasteiger partial charge on any atom is -0.478 e. The number of nitrogens with zero attached hydrogens (tertiary/aromatic N) is 2.